The molecule has 0 radical (unpaired) electrons. The number of piperidine rings is 1. The van der Waals surface area contributed by atoms with Crippen LogP contribution >= 0.6 is 36.4 Å². The molecular weight excluding hydrogens is 570 g/mol. The van der Waals surface area contributed by atoms with Crippen molar-refractivity contribution in [3.8, 4) is 11.5 Å². The Morgan fingerprint density at radius 1 is 1.05 bits per heavy atom. The molecule has 2 aromatic carbocycles. The summed E-state index contributed by atoms with van der Waals surface area (Å²) in [5, 5.41) is 3.78. The van der Waals surface area contributed by atoms with Crippen LogP contribution in [0.4, 0.5) is 23.2 Å². The van der Waals surface area contributed by atoms with Crippen molar-refractivity contribution >= 4 is 64.8 Å². The second-order valence-corrected chi connectivity index (χ2v) is 12.3. The third-order valence-corrected chi connectivity index (χ3v) is 8.48. The minimum atomic E-state index is -2.39. The number of anilines is 2. The number of rotatable bonds is 11. The first-order valence-electron chi connectivity index (χ1n) is 12.2. The largest absolute Gasteiger partial charge is 0.484 e. The molecule has 0 saturated carbocycles. The second-order valence-electron chi connectivity index (χ2n) is 9.35. The van der Waals surface area contributed by atoms with E-state index in [0.717, 1.165) is 48.2 Å². The van der Waals surface area contributed by atoms with Crippen LogP contribution in [0, 0.1) is 6.92 Å². The molecule has 0 atom stereocenters. The monoisotopic (exact) mass is 598 g/mol. The molecule has 13 heteroatoms. The van der Waals surface area contributed by atoms with E-state index in [0.29, 0.717) is 17.5 Å². The molecule has 1 aromatic heterocycles. The summed E-state index contributed by atoms with van der Waals surface area (Å²) in [5.41, 5.74) is 2.56. The number of aryl methyl sites for hydroxylation is 1. The fourth-order valence-corrected chi connectivity index (χ4v) is 5.07. The predicted octanol–water partition coefficient (Wildman–Crippen LogP) is 6.93. The SMILES string of the molecule is Cc1cc(N2CCC(N(C)C)CC2)nc2ccc(NC(=O)COc3ccc(OC(SF)(SF)SF)cc3)cc12. The molecule has 2 heterocycles. The van der Waals surface area contributed by atoms with Gasteiger partial charge in [0.1, 0.15) is 53.8 Å². The quantitative estimate of drug-likeness (QED) is 0.237. The Bertz CT molecular complexity index is 1270. The molecule has 39 heavy (non-hydrogen) atoms. The average molecular weight is 599 g/mol. The first kappa shape index (κ1) is 29.5. The number of pyridine rings is 1. The van der Waals surface area contributed by atoms with Gasteiger partial charge in [-0.25, -0.2) is 4.98 Å². The van der Waals surface area contributed by atoms with Gasteiger partial charge in [-0.2, -0.15) is 11.7 Å². The number of fused-ring (bicyclic) bond motifs is 1. The molecule has 0 spiro atoms. The first-order chi connectivity index (χ1) is 18.8. The summed E-state index contributed by atoms with van der Waals surface area (Å²) >= 11 is -1.79. The Hall–Kier alpha value is -2.48. The van der Waals surface area contributed by atoms with Gasteiger partial charge in [-0.05, 0) is 88.0 Å². The van der Waals surface area contributed by atoms with Crippen molar-refractivity contribution < 1.29 is 25.9 Å². The molecule has 0 bridgehead atoms. The number of carbonyl (C=O) groups is 1. The lowest BCUT2D eigenvalue weighted by atomic mass is 10.0. The zero-order valence-corrected chi connectivity index (χ0v) is 24.1. The fraction of sp³-hybridized carbons (Fsp3) is 0.385. The minimum Gasteiger partial charge on any atom is -0.484 e. The summed E-state index contributed by atoms with van der Waals surface area (Å²) in [5.74, 6) is 0.974. The van der Waals surface area contributed by atoms with E-state index >= 15 is 0 Å². The van der Waals surface area contributed by atoms with Gasteiger partial charge in [-0.15, -0.1) is 0 Å². The number of amides is 1. The highest BCUT2D eigenvalue weighted by molar-refractivity contribution is 8.29. The van der Waals surface area contributed by atoms with Crippen LogP contribution in [-0.2, 0) is 4.79 Å². The normalized spacial score (nSPS) is 14.6. The first-order valence-corrected chi connectivity index (χ1v) is 14.3. The summed E-state index contributed by atoms with van der Waals surface area (Å²) in [7, 11) is 4.25. The summed E-state index contributed by atoms with van der Waals surface area (Å²) in [6.07, 6.45) is 2.21. The zero-order chi connectivity index (χ0) is 28.0. The Morgan fingerprint density at radius 3 is 2.31 bits per heavy atom. The summed E-state index contributed by atoms with van der Waals surface area (Å²) in [6.45, 7) is 3.71. The van der Waals surface area contributed by atoms with Crippen LogP contribution in [0.25, 0.3) is 10.9 Å². The van der Waals surface area contributed by atoms with Crippen molar-refractivity contribution in [1.82, 2.24) is 9.88 Å². The Balaban J connectivity index is 1.34. The number of nitrogens with zero attached hydrogens (tertiary/aromatic N) is 3. The van der Waals surface area contributed by atoms with Crippen LogP contribution in [0.3, 0.4) is 0 Å². The number of benzene rings is 2. The van der Waals surface area contributed by atoms with E-state index in [4.69, 9.17) is 14.5 Å². The standard InChI is InChI=1S/C26H29F3N4O3S3/c1-17-14-24(33-12-10-19(11-13-33)32(2)3)31-23-9-4-18(15-22(17)23)30-25(34)16-35-20-5-7-21(8-6-20)36-26(37-27,38-28)39-29/h4-9,14-15,19H,10-13,16H2,1-3H3,(H,30,34). The molecule has 1 saturated heterocycles. The van der Waals surface area contributed by atoms with Gasteiger partial charge in [0.15, 0.2) is 6.61 Å². The van der Waals surface area contributed by atoms with E-state index < -0.39 is 40.0 Å². The molecule has 0 aliphatic carbocycles. The fourth-order valence-electron chi connectivity index (χ4n) is 4.40. The van der Waals surface area contributed by atoms with Gasteiger partial charge in [0.2, 0.25) is 0 Å². The molecule has 210 valence electrons. The third-order valence-electron chi connectivity index (χ3n) is 6.52. The molecule has 1 fully saturated rings. The van der Waals surface area contributed by atoms with E-state index in [2.05, 4.69) is 35.3 Å². The van der Waals surface area contributed by atoms with Gasteiger partial charge in [0.25, 0.3) is 5.91 Å². The highest BCUT2D eigenvalue weighted by atomic mass is 32.3. The zero-order valence-electron chi connectivity index (χ0n) is 21.7. The van der Waals surface area contributed by atoms with Crippen molar-refractivity contribution in [3.05, 3.63) is 54.1 Å². The van der Waals surface area contributed by atoms with E-state index in [1.165, 1.54) is 24.3 Å². The highest BCUT2D eigenvalue weighted by Crippen LogP contribution is 2.49. The molecule has 1 aliphatic heterocycles. The average Bonchev–Trinajstić information content (AvgIpc) is 2.96. The van der Waals surface area contributed by atoms with Crippen molar-refractivity contribution in [3.63, 3.8) is 0 Å². The maximum absolute atomic E-state index is 12.9. The van der Waals surface area contributed by atoms with Gasteiger partial charge < -0.3 is 24.6 Å². The van der Waals surface area contributed by atoms with Crippen LogP contribution in [0.2, 0.25) is 0 Å². The maximum atomic E-state index is 12.9. The third kappa shape index (κ3) is 7.38. The van der Waals surface area contributed by atoms with E-state index in [9.17, 15) is 16.5 Å². The van der Waals surface area contributed by atoms with Crippen LogP contribution < -0.4 is 19.7 Å². The molecule has 7 nitrogen and oxygen atoms in total. The highest BCUT2D eigenvalue weighted by Gasteiger charge is 2.40. The van der Waals surface area contributed by atoms with Crippen LogP contribution in [0.15, 0.2) is 48.5 Å². The van der Waals surface area contributed by atoms with Crippen LogP contribution in [-0.4, -0.2) is 59.2 Å². The van der Waals surface area contributed by atoms with E-state index in [-0.39, 0.29) is 18.3 Å². The lowest BCUT2D eigenvalue weighted by molar-refractivity contribution is -0.118. The number of halogens is 3. The number of hydrogen-bond donors (Lipinski definition) is 1. The summed E-state index contributed by atoms with van der Waals surface area (Å²) < 4.78 is 46.8. The number of nitrogens with one attached hydrogen (secondary N) is 1. The minimum absolute atomic E-state index is 0.0357. The Morgan fingerprint density at radius 2 is 1.69 bits per heavy atom. The van der Waals surface area contributed by atoms with Crippen molar-refractivity contribution in [2.45, 2.75) is 29.4 Å². The van der Waals surface area contributed by atoms with Crippen molar-refractivity contribution in [2.24, 2.45) is 0 Å². The van der Waals surface area contributed by atoms with Crippen molar-refractivity contribution in [1.29, 1.82) is 0 Å². The topological polar surface area (TPSA) is 66.9 Å². The predicted molar refractivity (Wildman–Crippen MR) is 155 cm³/mol. The smallest absolute Gasteiger partial charge is 0.338 e. The lowest BCUT2D eigenvalue weighted by Gasteiger charge is -2.36. The number of aromatic nitrogens is 1. The van der Waals surface area contributed by atoms with Gasteiger partial charge in [-0.3, -0.25) is 4.79 Å². The second kappa shape index (κ2) is 13.2. The summed E-state index contributed by atoms with van der Waals surface area (Å²) in [6, 6.07) is 13.9. The maximum Gasteiger partial charge on any atom is 0.338 e. The van der Waals surface area contributed by atoms with E-state index in [1.54, 1.807) is 0 Å². The van der Waals surface area contributed by atoms with Gasteiger partial charge in [0, 0.05) is 30.2 Å². The Labute approximate surface area is 239 Å². The van der Waals surface area contributed by atoms with Gasteiger partial charge in [-0.1, -0.05) is 0 Å². The molecule has 1 amide bonds. The molecule has 0 unspecified atom stereocenters. The lowest BCUT2D eigenvalue weighted by Crippen LogP contribution is -2.42. The molecule has 4 rings (SSSR count). The van der Waals surface area contributed by atoms with Crippen molar-refractivity contribution in [2.75, 3.05) is 44.0 Å². The molecule has 1 N–H and O–H groups in total. The van der Waals surface area contributed by atoms with E-state index in [1.807, 2.05) is 25.1 Å². The number of carbonyl (C=O) groups excluding carboxylic acids is 1. The Kier molecular flexibility index (Phi) is 10.0. The van der Waals surface area contributed by atoms with Crippen LogP contribution in [0.5, 0.6) is 11.5 Å². The van der Waals surface area contributed by atoms with Crippen LogP contribution in [0.1, 0.15) is 18.4 Å². The molecule has 3 aromatic rings. The summed E-state index contributed by atoms with van der Waals surface area (Å²) in [4.78, 5) is 22.0. The molecule has 1 aliphatic rings. The number of ether oxygens (including phenoxy) is 2. The van der Waals surface area contributed by atoms with Gasteiger partial charge >= 0.3 is 3.60 Å². The number of hydrogen-bond acceptors (Lipinski definition) is 9. The van der Waals surface area contributed by atoms with Gasteiger partial charge in [0.05, 0.1) is 5.52 Å². The molecular formula is C26H29F3N4O3S3.